The van der Waals surface area contributed by atoms with Crippen LogP contribution < -0.4 is 0 Å². The Kier molecular flexibility index (Phi) is 14.9. The van der Waals surface area contributed by atoms with E-state index in [9.17, 15) is 4.79 Å². The molecule has 0 unspecified atom stereocenters. The van der Waals surface area contributed by atoms with Gasteiger partial charge in [-0.15, -0.1) is 0 Å². The molecule has 0 rings (SSSR count). The minimum atomic E-state index is 0.750. The lowest BCUT2D eigenvalue weighted by Crippen LogP contribution is -1.81. The van der Waals surface area contributed by atoms with E-state index in [-0.39, 0.29) is 0 Å². The molecule has 0 radical (unpaired) electrons. The van der Waals surface area contributed by atoms with Crippen molar-refractivity contribution in [2.75, 3.05) is 0 Å². The van der Waals surface area contributed by atoms with Gasteiger partial charge in [-0.05, 0) is 32.1 Å². The second kappa shape index (κ2) is 15.4. The SMILES string of the molecule is CCCCC/C=C/CCCCCCCCC=O. The summed E-state index contributed by atoms with van der Waals surface area (Å²) in [5.41, 5.74) is 0. The number of unbranched alkanes of at least 4 members (excludes halogenated alkanes) is 10. The van der Waals surface area contributed by atoms with Crippen LogP contribution in [-0.2, 0) is 4.79 Å². The number of carbonyl (C=O) groups excluding carboxylic acids is 1. The van der Waals surface area contributed by atoms with Crippen LogP contribution in [0, 0.1) is 0 Å². The lowest BCUT2D eigenvalue weighted by molar-refractivity contribution is -0.107. The zero-order valence-electron chi connectivity index (χ0n) is 11.6. The Morgan fingerprint density at radius 1 is 0.647 bits per heavy atom. The fraction of sp³-hybridized carbons (Fsp3) is 0.812. The second-order valence-corrected chi connectivity index (χ2v) is 4.83. The molecule has 100 valence electrons. The third kappa shape index (κ3) is 15.4. The first-order valence-corrected chi connectivity index (χ1v) is 7.50. The first kappa shape index (κ1) is 16.4. The highest BCUT2D eigenvalue weighted by molar-refractivity contribution is 5.48. The average molecular weight is 238 g/mol. The van der Waals surface area contributed by atoms with Gasteiger partial charge in [0.1, 0.15) is 6.29 Å². The summed E-state index contributed by atoms with van der Waals surface area (Å²) >= 11 is 0. The van der Waals surface area contributed by atoms with Gasteiger partial charge in [-0.3, -0.25) is 0 Å². The van der Waals surface area contributed by atoms with Gasteiger partial charge in [0, 0.05) is 6.42 Å². The molecule has 17 heavy (non-hydrogen) atoms. The molecular weight excluding hydrogens is 208 g/mol. The minimum absolute atomic E-state index is 0.750. The third-order valence-corrected chi connectivity index (χ3v) is 3.08. The zero-order chi connectivity index (χ0) is 12.6. The Morgan fingerprint density at radius 2 is 1.12 bits per heavy atom. The van der Waals surface area contributed by atoms with E-state index in [1.807, 2.05) is 0 Å². The maximum atomic E-state index is 10.1. The Bertz CT molecular complexity index is 172. The van der Waals surface area contributed by atoms with Gasteiger partial charge in [-0.1, -0.05) is 57.6 Å². The van der Waals surface area contributed by atoms with Crippen LogP contribution in [0.4, 0.5) is 0 Å². The van der Waals surface area contributed by atoms with Crippen molar-refractivity contribution in [1.29, 1.82) is 0 Å². The summed E-state index contributed by atoms with van der Waals surface area (Å²) in [6.07, 6.45) is 20.7. The third-order valence-electron chi connectivity index (χ3n) is 3.08. The molecule has 0 aromatic heterocycles. The smallest absolute Gasteiger partial charge is 0.119 e. The van der Waals surface area contributed by atoms with Crippen molar-refractivity contribution in [1.82, 2.24) is 0 Å². The monoisotopic (exact) mass is 238 g/mol. The summed E-state index contributed by atoms with van der Waals surface area (Å²) < 4.78 is 0. The lowest BCUT2D eigenvalue weighted by atomic mass is 10.1. The minimum Gasteiger partial charge on any atom is -0.303 e. The summed E-state index contributed by atoms with van der Waals surface area (Å²) in [5, 5.41) is 0. The Labute approximate surface area is 108 Å². The fourth-order valence-corrected chi connectivity index (χ4v) is 1.94. The van der Waals surface area contributed by atoms with Gasteiger partial charge < -0.3 is 4.79 Å². The molecule has 0 aliphatic heterocycles. The summed E-state index contributed by atoms with van der Waals surface area (Å²) in [6.45, 7) is 2.25. The standard InChI is InChI=1S/C16H30O/c1-2-3-4-5-6-7-8-9-10-11-12-13-14-15-16-17/h6-7,16H,2-5,8-15H2,1H3/b7-6+. The summed E-state index contributed by atoms with van der Waals surface area (Å²) in [7, 11) is 0. The van der Waals surface area contributed by atoms with Gasteiger partial charge in [-0.2, -0.15) is 0 Å². The quantitative estimate of drug-likeness (QED) is 0.237. The molecular formula is C16H30O. The summed E-state index contributed by atoms with van der Waals surface area (Å²) in [4.78, 5) is 10.1. The van der Waals surface area contributed by atoms with Crippen LogP contribution in [0.2, 0.25) is 0 Å². The highest BCUT2D eigenvalue weighted by atomic mass is 16.1. The van der Waals surface area contributed by atoms with Crippen LogP contribution in [0.5, 0.6) is 0 Å². The predicted molar refractivity (Wildman–Crippen MR) is 76.3 cm³/mol. The van der Waals surface area contributed by atoms with Gasteiger partial charge in [-0.25, -0.2) is 0 Å². The van der Waals surface area contributed by atoms with E-state index in [1.165, 1.54) is 64.2 Å². The molecule has 0 aromatic carbocycles. The van der Waals surface area contributed by atoms with Gasteiger partial charge in [0.05, 0.1) is 0 Å². The maximum Gasteiger partial charge on any atom is 0.119 e. The highest BCUT2D eigenvalue weighted by Gasteiger charge is 1.90. The fourth-order valence-electron chi connectivity index (χ4n) is 1.94. The molecule has 0 bridgehead atoms. The largest absolute Gasteiger partial charge is 0.303 e. The molecule has 0 atom stereocenters. The van der Waals surface area contributed by atoms with E-state index in [1.54, 1.807) is 0 Å². The summed E-state index contributed by atoms with van der Waals surface area (Å²) in [5.74, 6) is 0. The van der Waals surface area contributed by atoms with E-state index in [2.05, 4.69) is 19.1 Å². The molecule has 0 saturated carbocycles. The molecule has 0 amide bonds. The normalized spacial score (nSPS) is 11.1. The molecule has 0 aromatic rings. The first-order valence-electron chi connectivity index (χ1n) is 7.50. The number of allylic oxidation sites excluding steroid dienone is 2. The van der Waals surface area contributed by atoms with Crippen molar-refractivity contribution in [3.05, 3.63) is 12.2 Å². The van der Waals surface area contributed by atoms with E-state index in [0.717, 1.165) is 19.1 Å². The van der Waals surface area contributed by atoms with E-state index >= 15 is 0 Å². The molecule has 0 aliphatic carbocycles. The number of rotatable bonds is 13. The molecule has 0 heterocycles. The van der Waals surface area contributed by atoms with Crippen LogP contribution in [-0.4, -0.2) is 6.29 Å². The molecule has 0 fully saturated rings. The Hall–Kier alpha value is -0.590. The van der Waals surface area contributed by atoms with Crippen molar-refractivity contribution in [3.8, 4) is 0 Å². The van der Waals surface area contributed by atoms with Crippen LogP contribution >= 0.6 is 0 Å². The van der Waals surface area contributed by atoms with Crippen molar-refractivity contribution >= 4 is 6.29 Å². The van der Waals surface area contributed by atoms with E-state index in [4.69, 9.17) is 0 Å². The van der Waals surface area contributed by atoms with Crippen molar-refractivity contribution in [2.45, 2.75) is 84.0 Å². The maximum absolute atomic E-state index is 10.1. The first-order chi connectivity index (χ1) is 8.41. The molecule has 0 aliphatic rings. The number of hydrogen-bond donors (Lipinski definition) is 0. The summed E-state index contributed by atoms with van der Waals surface area (Å²) in [6, 6.07) is 0. The Morgan fingerprint density at radius 3 is 1.65 bits per heavy atom. The van der Waals surface area contributed by atoms with E-state index in [0.29, 0.717) is 0 Å². The van der Waals surface area contributed by atoms with Crippen LogP contribution in [0.25, 0.3) is 0 Å². The van der Waals surface area contributed by atoms with Gasteiger partial charge in [0.2, 0.25) is 0 Å². The number of aldehydes is 1. The highest BCUT2D eigenvalue weighted by Crippen LogP contribution is 2.08. The predicted octanol–water partition coefficient (Wildman–Crippen LogP) is 5.44. The second-order valence-electron chi connectivity index (χ2n) is 4.83. The Balaban J connectivity index is 2.99. The molecule has 0 N–H and O–H groups in total. The van der Waals surface area contributed by atoms with Gasteiger partial charge in [0.15, 0.2) is 0 Å². The van der Waals surface area contributed by atoms with Gasteiger partial charge >= 0.3 is 0 Å². The van der Waals surface area contributed by atoms with Crippen molar-refractivity contribution in [3.63, 3.8) is 0 Å². The van der Waals surface area contributed by atoms with E-state index < -0.39 is 0 Å². The molecule has 1 nitrogen and oxygen atoms in total. The van der Waals surface area contributed by atoms with Gasteiger partial charge in [0.25, 0.3) is 0 Å². The topological polar surface area (TPSA) is 17.1 Å². The van der Waals surface area contributed by atoms with Crippen LogP contribution in [0.15, 0.2) is 12.2 Å². The molecule has 1 heteroatoms. The number of hydrogen-bond acceptors (Lipinski definition) is 1. The van der Waals surface area contributed by atoms with Crippen LogP contribution in [0.1, 0.15) is 84.0 Å². The molecule has 0 spiro atoms. The van der Waals surface area contributed by atoms with Crippen molar-refractivity contribution in [2.24, 2.45) is 0 Å². The molecule has 0 saturated heterocycles. The van der Waals surface area contributed by atoms with Crippen molar-refractivity contribution < 1.29 is 4.79 Å². The number of carbonyl (C=O) groups is 1. The lowest BCUT2D eigenvalue weighted by Gasteiger charge is -1.98. The average Bonchev–Trinajstić information content (AvgIpc) is 2.35. The zero-order valence-corrected chi connectivity index (χ0v) is 11.6. The van der Waals surface area contributed by atoms with Crippen LogP contribution in [0.3, 0.4) is 0 Å².